The molecule has 86 valence electrons. The molecule has 0 bridgehead atoms. The Morgan fingerprint density at radius 2 is 2.31 bits per heavy atom. The number of hydrogen-bond acceptors (Lipinski definition) is 4. The summed E-state index contributed by atoms with van der Waals surface area (Å²) in [4.78, 5) is 16.5. The third-order valence-corrected chi connectivity index (χ3v) is 4.52. The molecule has 3 heterocycles. The SMILES string of the molecule is O=Cc1cc(N2CCN3CCCC3C2)cs1. The van der Waals surface area contributed by atoms with Crippen molar-refractivity contribution < 1.29 is 4.79 Å². The van der Waals surface area contributed by atoms with Gasteiger partial charge in [0.1, 0.15) is 0 Å². The van der Waals surface area contributed by atoms with Gasteiger partial charge in [-0.05, 0) is 25.5 Å². The molecule has 0 radical (unpaired) electrons. The maximum atomic E-state index is 10.7. The fraction of sp³-hybridized carbons (Fsp3) is 0.583. The lowest BCUT2D eigenvalue weighted by Gasteiger charge is -2.38. The molecule has 1 unspecified atom stereocenters. The van der Waals surface area contributed by atoms with E-state index in [2.05, 4.69) is 15.2 Å². The molecule has 2 aliphatic heterocycles. The van der Waals surface area contributed by atoms with E-state index >= 15 is 0 Å². The second-order valence-electron chi connectivity index (χ2n) is 4.60. The first-order valence-electron chi connectivity index (χ1n) is 5.89. The van der Waals surface area contributed by atoms with E-state index in [1.807, 2.05) is 6.07 Å². The smallest absolute Gasteiger partial charge is 0.160 e. The minimum atomic E-state index is 0.744. The number of anilines is 1. The van der Waals surface area contributed by atoms with Gasteiger partial charge in [0.05, 0.1) is 4.88 Å². The number of nitrogens with zero attached hydrogens (tertiary/aromatic N) is 2. The topological polar surface area (TPSA) is 23.6 Å². The number of carbonyl (C=O) groups is 1. The summed E-state index contributed by atoms with van der Waals surface area (Å²) in [7, 11) is 0. The quantitative estimate of drug-likeness (QED) is 0.732. The van der Waals surface area contributed by atoms with Gasteiger partial charge in [-0.1, -0.05) is 0 Å². The van der Waals surface area contributed by atoms with E-state index in [0.29, 0.717) is 0 Å². The molecule has 0 aliphatic carbocycles. The number of rotatable bonds is 2. The zero-order valence-electron chi connectivity index (χ0n) is 9.26. The second-order valence-corrected chi connectivity index (χ2v) is 5.55. The first-order valence-corrected chi connectivity index (χ1v) is 6.77. The summed E-state index contributed by atoms with van der Waals surface area (Å²) in [5, 5.41) is 2.11. The maximum Gasteiger partial charge on any atom is 0.160 e. The molecule has 3 nitrogen and oxygen atoms in total. The van der Waals surface area contributed by atoms with Crippen LogP contribution in [-0.4, -0.2) is 43.4 Å². The third kappa shape index (κ3) is 1.76. The number of thiophene rings is 1. The Labute approximate surface area is 99.7 Å². The first-order chi connectivity index (χ1) is 7.86. The lowest BCUT2D eigenvalue weighted by Crippen LogP contribution is -2.50. The molecule has 0 aromatic carbocycles. The number of piperazine rings is 1. The zero-order chi connectivity index (χ0) is 11.0. The maximum absolute atomic E-state index is 10.7. The summed E-state index contributed by atoms with van der Waals surface area (Å²) in [6, 6.07) is 2.76. The molecule has 2 saturated heterocycles. The Balaban J connectivity index is 1.73. The van der Waals surface area contributed by atoms with Gasteiger partial charge in [-0.2, -0.15) is 0 Å². The van der Waals surface area contributed by atoms with Crippen molar-refractivity contribution in [3.8, 4) is 0 Å². The Kier molecular flexibility index (Phi) is 2.69. The fourth-order valence-electron chi connectivity index (χ4n) is 2.80. The molecule has 2 fully saturated rings. The van der Waals surface area contributed by atoms with Crippen LogP contribution in [0.4, 0.5) is 5.69 Å². The summed E-state index contributed by atoms with van der Waals surface area (Å²) in [6.45, 7) is 4.69. The standard InChI is InChI=1S/C12H16N2OS/c15-8-12-6-11(9-16-12)14-5-4-13-3-1-2-10(13)7-14/h6,8-10H,1-5,7H2. The van der Waals surface area contributed by atoms with Crippen LogP contribution in [0.25, 0.3) is 0 Å². The van der Waals surface area contributed by atoms with E-state index < -0.39 is 0 Å². The van der Waals surface area contributed by atoms with Crippen molar-refractivity contribution in [1.82, 2.24) is 4.90 Å². The Morgan fingerprint density at radius 1 is 1.38 bits per heavy atom. The highest BCUT2D eigenvalue weighted by molar-refractivity contribution is 7.12. The van der Waals surface area contributed by atoms with Gasteiger partial charge >= 0.3 is 0 Å². The molecule has 0 saturated carbocycles. The zero-order valence-corrected chi connectivity index (χ0v) is 10.1. The summed E-state index contributed by atoms with van der Waals surface area (Å²) < 4.78 is 0. The van der Waals surface area contributed by atoms with Crippen molar-refractivity contribution in [2.75, 3.05) is 31.1 Å². The number of aldehydes is 1. The van der Waals surface area contributed by atoms with Crippen LogP contribution in [0.3, 0.4) is 0 Å². The summed E-state index contributed by atoms with van der Waals surface area (Å²) >= 11 is 1.55. The van der Waals surface area contributed by atoms with Crippen LogP contribution < -0.4 is 4.90 Å². The molecule has 1 atom stereocenters. The predicted molar refractivity (Wildman–Crippen MR) is 66.5 cm³/mol. The van der Waals surface area contributed by atoms with Gasteiger partial charge in [0.15, 0.2) is 6.29 Å². The Hall–Kier alpha value is -0.870. The van der Waals surface area contributed by atoms with Gasteiger partial charge in [0.25, 0.3) is 0 Å². The van der Waals surface area contributed by atoms with E-state index in [4.69, 9.17) is 0 Å². The van der Waals surface area contributed by atoms with Crippen molar-refractivity contribution in [2.24, 2.45) is 0 Å². The highest BCUT2D eigenvalue weighted by Gasteiger charge is 2.30. The van der Waals surface area contributed by atoms with Crippen molar-refractivity contribution >= 4 is 23.3 Å². The van der Waals surface area contributed by atoms with Crippen molar-refractivity contribution in [3.63, 3.8) is 0 Å². The van der Waals surface area contributed by atoms with Crippen LogP contribution in [0.15, 0.2) is 11.4 Å². The second kappa shape index (κ2) is 4.18. The van der Waals surface area contributed by atoms with Gasteiger partial charge in [0.2, 0.25) is 0 Å². The van der Waals surface area contributed by atoms with Gasteiger partial charge in [-0.3, -0.25) is 9.69 Å². The molecule has 1 aromatic heterocycles. The van der Waals surface area contributed by atoms with E-state index in [9.17, 15) is 4.79 Å². The van der Waals surface area contributed by atoms with E-state index in [1.165, 1.54) is 31.6 Å². The highest BCUT2D eigenvalue weighted by atomic mass is 32.1. The van der Waals surface area contributed by atoms with Crippen LogP contribution in [0.5, 0.6) is 0 Å². The normalized spacial score (nSPS) is 25.8. The molecule has 3 rings (SSSR count). The van der Waals surface area contributed by atoms with Crippen LogP contribution in [0.1, 0.15) is 22.5 Å². The molecule has 0 amide bonds. The average molecular weight is 236 g/mol. The molecular weight excluding hydrogens is 220 g/mol. The largest absolute Gasteiger partial charge is 0.368 e. The monoisotopic (exact) mass is 236 g/mol. The van der Waals surface area contributed by atoms with Gasteiger partial charge in [-0.15, -0.1) is 11.3 Å². The Morgan fingerprint density at radius 3 is 3.12 bits per heavy atom. The van der Waals surface area contributed by atoms with Crippen LogP contribution in [0.2, 0.25) is 0 Å². The molecule has 0 N–H and O–H groups in total. The van der Waals surface area contributed by atoms with E-state index in [1.54, 1.807) is 11.3 Å². The molecule has 4 heteroatoms. The number of fused-ring (bicyclic) bond motifs is 1. The fourth-order valence-corrected chi connectivity index (χ4v) is 3.51. The van der Waals surface area contributed by atoms with E-state index in [0.717, 1.165) is 30.3 Å². The lowest BCUT2D eigenvalue weighted by atomic mass is 10.1. The summed E-state index contributed by atoms with van der Waals surface area (Å²) in [5.41, 5.74) is 1.23. The Bertz CT molecular complexity index is 390. The third-order valence-electron chi connectivity index (χ3n) is 3.67. The van der Waals surface area contributed by atoms with Gasteiger partial charge < -0.3 is 4.90 Å². The lowest BCUT2D eigenvalue weighted by molar-refractivity contribution is 0.112. The summed E-state index contributed by atoms with van der Waals surface area (Å²) in [6.07, 6.45) is 3.63. The number of carbonyl (C=O) groups excluding carboxylic acids is 1. The van der Waals surface area contributed by atoms with Crippen molar-refractivity contribution in [1.29, 1.82) is 0 Å². The van der Waals surface area contributed by atoms with Crippen molar-refractivity contribution in [2.45, 2.75) is 18.9 Å². The molecule has 0 spiro atoms. The van der Waals surface area contributed by atoms with E-state index in [-0.39, 0.29) is 0 Å². The molecule has 1 aromatic rings. The average Bonchev–Trinajstić information content (AvgIpc) is 2.96. The highest BCUT2D eigenvalue weighted by Crippen LogP contribution is 2.28. The van der Waals surface area contributed by atoms with Crippen LogP contribution in [0, 0.1) is 0 Å². The molecule has 16 heavy (non-hydrogen) atoms. The predicted octanol–water partition coefficient (Wildman–Crippen LogP) is 1.84. The number of hydrogen-bond donors (Lipinski definition) is 0. The first kappa shape index (κ1) is 10.3. The van der Waals surface area contributed by atoms with Crippen LogP contribution >= 0.6 is 11.3 Å². The molecular formula is C12H16N2OS. The van der Waals surface area contributed by atoms with Crippen molar-refractivity contribution in [3.05, 3.63) is 16.3 Å². The van der Waals surface area contributed by atoms with Gasteiger partial charge in [0, 0.05) is 36.7 Å². The van der Waals surface area contributed by atoms with Crippen LogP contribution in [-0.2, 0) is 0 Å². The summed E-state index contributed by atoms with van der Waals surface area (Å²) in [5.74, 6) is 0. The minimum absolute atomic E-state index is 0.744. The van der Waals surface area contributed by atoms with Gasteiger partial charge in [-0.25, -0.2) is 0 Å². The minimum Gasteiger partial charge on any atom is -0.368 e. The molecule has 2 aliphatic rings.